The maximum Gasteiger partial charge on any atom is 0.314 e. The Labute approximate surface area is 109 Å². The Kier molecular flexibility index (Phi) is 4.23. The van der Waals surface area contributed by atoms with Crippen molar-refractivity contribution in [1.82, 2.24) is 10.1 Å². The van der Waals surface area contributed by atoms with Gasteiger partial charge in [0.1, 0.15) is 11.4 Å². The summed E-state index contributed by atoms with van der Waals surface area (Å²) in [5.74, 6) is -0.432. The first-order valence-electron chi connectivity index (χ1n) is 5.99. The van der Waals surface area contributed by atoms with E-state index in [4.69, 9.17) is 14.4 Å². The summed E-state index contributed by atoms with van der Waals surface area (Å²) < 4.78 is 10.9. The Morgan fingerprint density at radius 2 is 2.28 bits per heavy atom. The monoisotopic (exact) mass is 272 g/mol. The first kappa shape index (κ1) is 13.4. The number of nitrogens with zero attached hydrogens (tertiary/aromatic N) is 2. The molecule has 1 aliphatic carbocycles. The van der Waals surface area contributed by atoms with E-state index < -0.39 is 11.6 Å². The molecule has 7 heteroatoms. The van der Waals surface area contributed by atoms with Gasteiger partial charge in [0.05, 0.1) is 0 Å². The summed E-state index contributed by atoms with van der Waals surface area (Å²) in [5.41, 5.74) is -0.430. The van der Waals surface area contributed by atoms with Crippen LogP contribution in [-0.2, 0) is 15.1 Å². The number of hydrogen-bond acceptors (Lipinski definition) is 6. The molecule has 0 amide bonds. The third kappa shape index (κ3) is 2.84. The fourth-order valence-electron chi connectivity index (χ4n) is 2.23. The van der Waals surface area contributed by atoms with E-state index in [1.54, 1.807) is 0 Å². The molecular weight excluding hydrogens is 256 g/mol. The molecule has 2 rings (SSSR count). The molecule has 1 N–H and O–H groups in total. The van der Waals surface area contributed by atoms with Crippen LogP contribution in [0, 0.1) is 0 Å². The van der Waals surface area contributed by atoms with E-state index in [1.807, 2.05) is 6.92 Å². The fraction of sp³-hybridized carbons (Fsp3) is 0.727. The average Bonchev–Trinajstić information content (AvgIpc) is 2.95. The second kappa shape index (κ2) is 5.71. The van der Waals surface area contributed by atoms with E-state index in [-0.39, 0.29) is 5.75 Å². The van der Waals surface area contributed by atoms with Crippen molar-refractivity contribution >= 4 is 17.7 Å². The van der Waals surface area contributed by atoms with Crippen molar-refractivity contribution < 1.29 is 19.2 Å². The molecule has 1 aromatic rings. The van der Waals surface area contributed by atoms with Crippen LogP contribution in [0.25, 0.3) is 0 Å². The lowest BCUT2D eigenvalue weighted by Crippen LogP contribution is -2.27. The molecule has 1 saturated carbocycles. The first-order chi connectivity index (χ1) is 8.66. The number of hydrogen-bond donors (Lipinski definition) is 1. The lowest BCUT2D eigenvalue weighted by atomic mass is 10.0. The predicted molar refractivity (Wildman–Crippen MR) is 64.4 cm³/mol. The molecule has 0 atom stereocenters. The topological polar surface area (TPSA) is 85.5 Å². The minimum atomic E-state index is -0.903. The van der Waals surface area contributed by atoms with E-state index in [0.29, 0.717) is 17.7 Å². The zero-order chi connectivity index (χ0) is 13.0. The van der Waals surface area contributed by atoms with Gasteiger partial charge >= 0.3 is 5.97 Å². The zero-order valence-electron chi connectivity index (χ0n) is 10.2. The van der Waals surface area contributed by atoms with Gasteiger partial charge in [0.25, 0.3) is 5.22 Å². The van der Waals surface area contributed by atoms with Crippen LogP contribution in [0.4, 0.5) is 0 Å². The molecule has 0 radical (unpaired) electrons. The van der Waals surface area contributed by atoms with Crippen molar-refractivity contribution in [1.29, 1.82) is 0 Å². The number of carboxylic acid groups (broad SMARTS) is 1. The number of thioether (sulfide) groups is 1. The van der Waals surface area contributed by atoms with Crippen molar-refractivity contribution in [2.75, 3.05) is 12.4 Å². The van der Waals surface area contributed by atoms with Crippen LogP contribution in [0.15, 0.2) is 9.75 Å². The van der Waals surface area contributed by atoms with E-state index in [9.17, 15) is 4.79 Å². The van der Waals surface area contributed by atoms with E-state index >= 15 is 0 Å². The Balaban J connectivity index is 2.09. The lowest BCUT2D eigenvalue weighted by Gasteiger charge is -2.24. The van der Waals surface area contributed by atoms with Crippen LogP contribution in [0.1, 0.15) is 38.4 Å². The van der Waals surface area contributed by atoms with Crippen LogP contribution in [-0.4, -0.2) is 33.6 Å². The lowest BCUT2D eigenvalue weighted by molar-refractivity contribution is -0.133. The molecule has 0 bridgehead atoms. The highest BCUT2D eigenvalue weighted by Crippen LogP contribution is 2.41. The first-order valence-corrected chi connectivity index (χ1v) is 6.97. The third-order valence-corrected chi connectivity index (χ3v) is 3.77. The molecule has 0 aliphatic heterocycles. The SMILES string of the molecule is CCOC1(c2noc(SCC(=O)O)n2)CCCC1. The molecule has 1 aliphatic rings. The predicted octanol–water partition coefficient (Wildman–Crippen LogP) is 2.05. The summed E-state index contributed by atoms with van der Waals surface area (Å²) in [6.07, 6.45) is 3.96. The number of carbonyl (C=O) groups is 1. The number of rotatable bonds is 6. The van der Waals surface area contributed by atoms with Crippen molar-refractivity contribution in [3.05, 3.63) is 5.82 Å². The minimum Gasteiger partial charge on any atom is -0.481 e. The fourth-order valence-corrected chi connectivity index (χ4v) is 2.72. The summed E-state index contributed by atoms with van der Waals surface area (Å²) in [5, 5.41) is 12.8. The van der Waals surface area contributed by atoms with Crippen LogP contribution < -0.4 is 0 Å². The maximum absolute atomic E-state index is 10.5. The van der Waals surface area contributed by atoms with E-state index in [0.717, 1.165) is 37.4 Å². The van der Waals surface area contributed by atoms with E-state index in [2.05, 4.69) is 10.1 Å². The summed E-state index contributed by atoms with van der Waals surface area (Å²) in [6.45, 7) is 2.55. The third-order valence-electron chi connectivity index (χ3n) is 2.97. The van der Waals surface area contributed by atoms with Gasteiger partial charge in [-0.25, -0.2) is 0 Å². The Bertz CT molecular complexity index is 415. The van der Waals surface area contributed by atoms with Gasteiger partial charge in [0, 0.05) is 6.61 Å². The highest BCUT2D eigenvalue weighted by molar-refractivity contribution is 7.99. The van der Waals surface area contributed by atoms with Gasteiger partial charge < -0.3 is 14.4 Å². The van der Waals surface area contributed by atoms with E-state index in [1.165, 1.54) is 0 Å². The van der Waals surface area contributed by atoms with Crippen molar-refractivity contribution in [2.24, 2.45) is 0 Å². The summed E-state index contributed by atoms with van der Waals surface area (Å²) in [4.78, 5) is 14.7. The number of ether oxygens (including phenoxy) is 1. The summed E-state index contributed by atoms with van der Waals surface area (Å²) in [6, 6.07) is 0. The second-order valence-corrected chi connectivity index (χ2v) is 5.13. The summed E-state index contributed by atoms with van der Waals surface area (Å²) >= 11 is 1.03. The molecule has 0 aromatic carbocycles. The largest absolute Gasteiger partial charge is 0.481 e. The molecule has 0 saturated heterocycles. The maximum atomic E-state index is 10.5. The molecule has 1 fully saturated rings. The smallest absolute Gasteiger partial charge is 0.314 e. The average molecular weight is 272 g/mol. The molecule has 1 heterocycles. The molecule has 1 aromatic heterocycles. The van der Waals surface area contributed by atoms with Crippen LogP contribution in [0.3, 0.4) is 0 Å². The van der Waals surface area contributed by atoms with Crippen LogP contribution in [0.5, 0.6) is 0 Å². The molecule has 0 unspecified atom stereocenters. The van der Waals surface area contributed by atoms with Gasteiger partial charge in [0.15, 0.2) is 0 Å². The Morgan fingerprint density at radius 3 is 2.89 bits per heavy atom. The molecular formula is C11H16N2O4S. The van der Waals surface area contributed by atoms with Crippen molar-refractivity contribution in [3.8, 4) is 0 Å². The number of aromatic nitrogens is 2. The van der Waals surface area contributed by atoms with Gasteiger partial charge in [-0.1, -0.05) is 16.9 Å². The standard InChI is InChI=1S/C11H16N2O4S/c1-2-16-11(5-3-4-6-11)9-12-10(17-13-9)18-7-8(14)15/h2-7H2,1H3,(H,14,15). The Hall–Kier alpha value is -1.08. The number of aliphatic carboxylic acids is 1. The van der Waals surface area contributed by atoms with Gasteiger partial charge in [-0.3, -0.25) is 4.79 Å². The highest BCUT2D eigenvalue weighted by Gasteiger charge is 2.40. The molecule has 0 spiro atoms. The summed E-state index contributed by atoms with van der Waals surface area (Å²) in [7, 11) is 0. The zero-order valence-corrected chi connectivity index (χ0v) is 11.0. The van der Waals surface area contributed by atoms with Crippen LogP contribution >= 0.6 is 11.8 Å². The van der Waals surface area contributed by atoms with Gasteiger partial charge in [-0.05, 0) is 32.6 Å². The minimum absolute atomic E-state index is 0.0801. The van der Waals surface area contributed by atoms with Gasteiger partial charge in [-0.15, -0.1) is 0 Å². The Morgan fingerprint density at radius 1 is 1.56 bits per heavy atom. The molecule has 6 nitrogen and oxygen atoms in total. The second-order valence-electron chi connectivity index (χ2n) is 4.20. The van der Waals surface area contributed by atoms with Crippen molar-refractivity contribution in [2.45, 2.75) is 43.4 Å². The normalized spacial score (nSPS) is 18.1. The van der Waals surface area contributed by atoms with Crippen molar-refractivity contribution in [3.63, 3.8) is 0 Å². The van der Waals surface area contributed by atoms with Gasteiger partial charge in [0.2, 0.25) is 5.82 Å². The molecule has 18 heavy (non-hydrogen) atoms. The van der Waals surface area contributed by atoms with Crippen LogP contribution in [0.2, 0.25) is 0 Å². The number of carboxylic acids is 1. The van der Waals surface area contributed by atoms with Gasteiger partial charge in [-0.2, -0.15) is 4.98 Å². The molecule has 100 valence electrons. The quantitative estimate of drug-likeness (QED) is 0.793. The highest BCUT2D eigenvalue weighted by atomic mass is 32.2.